The number of ether oxygens (including phenoxy) is 2. The van der Waals surface area contributed by atoms with Gasteiger partial charge in [0.2, 0.25) is 0 Å². The van der Waals surface area contributed by atoms with Crippen LogP contribution in [0, 0.1) is 5.82 Å². The molecule has 1 fully saturated rings. The van der Waals surface area contributed by atoms with Crippen LogP contribution in [0.25, 0.3) is 11.0 Å². The number of aromatic nitrogens is 1. The molecular formula is C24H27FN2O4. The molecule has 1 aromatic heterocycles. The lowest BCUT2D eigenvalue weighted by Crippen LogP contribution is -2.34. The Labute approximate surface area is 180 Å². The predicted octanol–water partition coefficient (Wildman–Crippen LogP) is 4.79. The Hall–Kier alpha value is -2.77. The van der Waals surface area contributed by atoms with Crippen LogP contribution in [0.2, 0.25) is 0 Å². The van der Waals surface area contributed by atoms with E-state index in [0.717, 1.165) is 50.0 Å². The molecule has 1 saturated heterocycles. The average molecular weight is 426 g/mol. The van der Waals surface area contributed by atoms with Crippen molar-refractivity contribution in [1.29, 1.82) is 0 Å². The molecule has 1 aliphatic rings. The van der Waals surface area contributed by atoms with Crippen LogP contribution >= 0.6 is 0 Å². The molecule has 4 rings (SSSR count). The summed E-state index contributed by atoms with van der Waals surface area (Å²) in [7, 11) is 0. The molecule has 0 unspecified atom stereocenters. The largest absolute Gasteiger partial charge is 0.468 e. The standard InChI is InChI=1S/C24H27FN2O4/c1-17(28)18-3-6-21(7-4-18)30-16-29-14-2-11-27-12-9-19(10-13-27)24-22-8-5-20(25)15-23(22)31-26-24/h3-8,15,19H,2,9-14,16H2,1H3. The third-order valence-corrected chi connectivity index (χ3v) is 5.77. The first-order valence-corrected chi connectivity index (χ1v) is 10.7. The van der Waals surface area contributed by atoms with E-state index >= 15 is 0 Å². The topological polar surface area (TPSA) is 64.8 Å². The number of benzene rings is 2. The SMILES string of the molecule is CC(=O)c1ccc(OCOCCCN2CCC(c3noc4cc(F)ccc34)CC2)cc1. The maximum absolute atomic E-state index is 13.3. The first kappa shape index (κ1) is 21.5. The minimum Gasteiger partial charge on any atom is -0.468 e. The number of halogens is 1. The van der Waals surface area contributed by atoms with Crippen molar-refractivity contribution in [3.05, 3.63) is 59.5 Å². The van der Waals surface area contributed by atoms with E-state index in [0.29, 0.717) is 29.4 Å². The summed E-state index contributed by atoms with van der Waals surface area (Å²) in [4.78, 5) is 13.7. The van der Waals surface area contributed by atoms with Crippen molar-refractivity contribution in [3.8, 4) is 5.75 Å². The van der Waals surface area contributed by atoms with Gasteiger partial charge in [-0.25, -0.2) is 4.39 Å². The number of hydrogen-bond acceptors (Lipinski definition) is 6. The third-order valence-electron chi connectivity index (χ3n) is 5.77. The average Bonchev–Trinajstić information content (AvgIpc) is 3.20. The van der Waals surface area contributed by atoms with Gasteiger partial charge in [-0.3, -0.25) is 4.79 Å². The van der Waals surface area contributed by atoms with Crippen molar-refractivity contribution < 1.29 is 23.2 Å². The summed E-state index contributed by atoms with van der Waals surface area (Å²) in [6.07, 6.45) is 2.96. The molecule has 0 bridgehead atoms. The molecule has 0 N–H and O–H groups in total. The van der Waals surface area contributed by atoms with E-state index in [9.17, 15) is 9.18 Å². The lowest BCUT2D eigenvalue weighted by atomic mass is 9.91. The summed E-state index contributed by atoms with van der Waals surface area (Å²) < 4.78 is 29.8. The molecule has 6 nitrogen and oxygen atoms in total. The lowest BCUT2D eigenvalue weighted by Gasteiger charge is -2.31. The Kier molecular flexibility index (Phi) is 6.94. The molecule has 0 saturated carbocycles. The fourth-order valence-electron chi connectivity index (χ4n) is 4.00. The van der Waals surface area contributed by atoms with Gasteiger partial charge >= 0.3 is 0 Å². The van der Waals surface area contributed by atoms with Crippen LogP contribution in [0.4, 0.5) is 4.39 Å². The van der Waals surface area contributed by atoms with Gasteiger partial charge in [0.25, 0.3) is 0 Å². The summed E-state index contributed by atoms with van der Waals surface area (Å²) in [5, 5.41) is 5.13. The highest BCUT2D eigenvalue weighted by Crippen LogP contribution is 2.32. The highest BCUT2D eigenvalue weighted by molar-refractivity contribution is 5.94. The van der Waals surface area contributed by atoms with Gasteiger partial charge in [-0.05, 0) is 75.7 Å². The van der Waals surface area contributed by atoms with E-state index in [1.54, 1.807) is 37.3 Å². The maximum Gasteiger partial charge on any atom is 0.189 e. The first-order valence-electron chi connectivity index (χ1n) is 10.7. The van der Waals surface area contributed by atoms with Gasteiger partial charge in [-0.2, -0.15) is 0 Å². The number of carbonyl (C=O) groups is 1. The number of rotatable bonds is 9. The molecule has 0 amide bonds. The summed E-state index contributed by atoms with van der Waals surface area (Å²) >= 11 is 0. The summed E-state index contributed by atoms with van der Waals surface area (Å²) in [6.45, 7) is 5.34. The molecule has 0 aliphatic carbocycles. The lowest BCUT2D eigenvalue weighted by molar-refractivity contribution is 0.0106. The number of likely N-dealkylation sites (tertiary alicyclic amines) is 1. The van der Waals surface area contributed by atoms with Crippen LogP contribution in [0.1, 0.15) is 48.2 Å². The van der Waals surface area contributed by atoms with E-state index in [-0.39, 0.29) is 18.4 Å². The third kappa shape index (κ3) is 5.48. The molecule has 3 aromatic rings. The summed E-state index contributed by atoms with van der Waals surface area (Å²) in [6, 6.07) is 11.7. The zero-order valence-corrected chi connectivity index (χ0v) is 17.7. The van der Waals surface area contributed by atoms with Crippen LogP contribution in [0.5, 0.6) is 5.75 Å². The van der Waals surface area contributed by atoms with Gasteiger partial charge in [-0.15, -0.1) is 0 Å². The molecule has 2 heterocycles. The van der Waals surface area contributed by atoms with Crippen molar-refractivity contribution >= 4 is 16.8 Å². The van der Waals surface area contributed by atoms with Gasteiger partial charge in [0.1, 0.15) is 11.6 Å². The van der Waals surface area contributed by atoms with Gasteiger partial charge in [0.05, 0.1) is 12.3 Å². The molecule has 7 heteroatoms. The van der Waals surface area contributed by atoms with E-state index in [2.05, 4.69) is 10.1 Å². The molecule has 2 aromatic carbocycles. The second-order valence-corrected chi connectivity index (χ2v) is 7.93. The van der Waals surface area contributed by atoms with Crippen LogP contribution in [-0.4, -0.2) is 48.9 Å². The van der Waals surface area contributed by atoms with E-state index in [1.165, 1.54) is 12.1 Å². The van der Waals surface area contributed by atoms with Crippen molar-refractivity contribution in [2.75, 3.05) is 33.0 Å². The molecule has 164 valence electrons. The monoisotopic (exact) mass is 426 g/mol. The zero-order valence-electron chi connectivity index (χ0n) is 17.7. The van der Waals surface area contributed by atoms with Crippen molar-refractivity contribution in [3.63, 3.8) is 0 Å². The Morgan fingerprint density at radius 2 is 1.97 bits per heavy atom. The second-order valence-electron chi connectivity index (χ2n) is 7.93. The van der Waals surface area contributed by atoms with Crippen LogP contribution < -0.4 is 4.74 Å². The fraction of sp³-hybridized carbons (Fsp3) is 0.417. The van der Waals surface area contributed by atoms with Gasteiger partial charge in [-0.1, -0.05) is 5.16 Å². The van der Waals surface area contributed by atoms with Crippen molar-refractivity contribution in [2.24, 2.45) is 0 Å². The Morgan fingerprint density at radius 3 is 2.71 bits per heavy atom. The van der Waals surface area contributed by atoms with Crippen LogP contribution in [0.15, 0.2) is 47.0 Å². The number of ketones is 1. The fourth-order valence-corrected chi connectivity index (χ4v) is 4.00. The van der Waals surface area contributed by atoms with Gasteiger partial charge in [0.15, 0.2) is 18.2 Å². The Bertz CT molecular complexity index is 1010. The molecule has 0 radical (unpaired) electrons. The van der Waals surface area contributed by atoms with Crippen LogP contribution in [-0.2, 0) is 4.74 Å². The summed E-state index contributed by atoms with van der Waals surface area (Å²) in [5.74, 6) is 0.775. The smallest absolute Gasteiger partial charge is 0.189 e. The minimum atomic E-state index is -0.302. The highest BCUT2D eigenvalue weighted by atomic mass is 19.1. The Balaban J connectivity index is 1.13. The quantitative estimate of drug-likeness (QED) is 0.278. The van der Waals surface area contributed by atoms with Crippen LogP contribution in [0.3, 0.4) is 0 Å². The van der Waals surface area contributed by atoms with E-state index in [1.807, 2.05) is 0 Å². The number of Topliss-reactive ketones (excluding diaryl/α,β-unsaturated/α-hetero) is 1. The number of nitrogens with zero attached hydrogens (tertiary/aromatic N) is 2. The normalized spacial score (nSPS) is 15.4. The molecule has 1 aliphatic heterocycles. The number of fused-ring (bicyclic) bond motifs is 1. The number of hydrogen-bond donors (Lipinski definition) is 0. The van der Waals surface area contributed by atoms with Crippen molar-refractivity contribution in [1.82, 2.24) is 10.1 Å². The number of carbonyl (C=O) groups excluding carboxylic acids is 1. The second kappa shape index (κ2) is 10.0. The van der Waals surface area contributed by atoms with Crippen molar-refractivity contribution in [2.45, 2.75) is 32.1 Å². The Morgan fingerprint density at radius 1 is 1.19 bits per heavy atom. The highest BCUT2D eigenvalue weighted by Gasteiger charge is 2.24. The predicted molar refractivity (Wildman–Crippen MR) is 115 cm³/mol. The molecule has 0 atom stereocenters. The minimum absolute atomic E-state index is 0.0385. The first-order chi connectivity index (χ1) is 15.1. The van der Waals surface area contributed by atoms with Gasteiger partial charge < -0.3 is 18.9 Å². The molecule has 31 heavy (non-hydrogen) atoms. The summed E-state index contributed by atoms with van der Waals surface area (Å²) in [5.41, 5.74) is 2.14. The molecule has 0 spiro atoms. The molecular weight excluding hydrogens is 399 g/mol. The van der Waals surface area contributed by atoms with Gasteiger partial charge in [0, 0.05) is 29.5 Å². The maximum atomic E-state index is 13.3. The van der Waals surface area contributed by atoms with E-state index in [4.69, 9.17) is 14.0 Å². The zero-order chi connectivity index (χ0) is 21.6. The number of piperidine rings is 1. The van der Waals surface area contributed by atoms with E-state index < -0.39 is 0 Å².